The van der Waals surface area contributed by atoms with Gasteiger partial charge in [0.15, 0.2) is 5.69 Å². The Kier molecular flexibility index (Phi) is 6.51. The van der Waals surface area contributed by atoms with E-state index >= 15 is 0 Å². The molecule has 0 saturated carbocycles. The number of benzene rings is 1. The smallest absolute Gasteiger partial charge is 0.273 e. The van der Waals surface area contributed by atoms with Crippen molar-refractivity contribution in [1.82, 2.24) is 25.3 Å². The molecule has 2 heterocycles. The van der Waals surface area contributed by atoms with Crippen molar-refractivity contribution < 1.29 is 9.53 Å². The van der Waals surface area contributed by atoms with Gasteiger partial charge in [0, 0.05) is 12.7 Å². The summed E-state index contributed by atoms with van der Waals surface area (Å²) < 4.78 is 7.38. The summed E-state index contributed by atoms with van der Waals surface area (Å²) in [6.07, 6.45) is 6.71. The number of aryl methyl sites for hydroxylation is 2. The van der Waals surface area contributed by atoms with Crippen LogP contribution in [0.25, 0.3) is 0 Å². The summed E-state index contributed by atoms with van der Waals surface area (Å²) in [4.78, 5) is 16.2. The van der Waals surface area contributed by atoms with Gasteiger partial charge in [-0.2, -0.15) is 0 Å². The Bertz CT molecular complexity index is 836. The van der Waals surface area contributed by atoms with Crippen molar-refractivity contribution in [2.75, 3.05) is 6.54 Å². The van der Waals surface area contributed by atoms with E-state index < -0.39 is 0 Å². The van der Waals surface area contributed by atoms with Crippen LogP contribution in [0, 0.1) is 0 Å². The number of carbonyl (C=O) groups excluding carboxylic acids is 1. The normalized spacial score (nSPS) is 11.7. The fourth-order valence-corrected chi connectivity index (χ4v) is 2.62. The number of nitrogens with zero attached hydrogens (tertiary/aromatic N) is 4. The number of hydrogen-bond acceptors (Lipinski definition) is 5. The first-order chi connectivity index (χ1) is 13.2. The molecule has 1 amide bonds. The Morgan fingerprint density at radius 1 is 1.22 bits per heavy atom. The first-order valence-electron chi connectivity index (χ1n) is 8.99. The Hall–Kier alpha value is -3.22. The number of pyridine rings is 1. The maximum absolute atomic E-state index is 12.2. The number of nitrogens with one attached hydrogen (secondary N) is 1. The average molecular weight is 365 g/mol. The molecule has 1 N–H and O–H groups in total. The zero-order valence-electron chi connectivity index (χ0n) is 15.3. The van der Waals surface area contributed by atoms with Gasteiger partial charge in [-0.05, 0) is 37.5 Å². The lowest BCUT2D eigenvalue weighted by Gasteiger charge is -2.14. The highest BCUT2D eigenvalue weighted by molar-refractivity contribution is 5.91. The van der Waals surface area contributed by atoms with Crippen molar-refractivity contribution in [2.24, 2.45) is 0 Å². The molecule has 0 aliphatic carbocycles. The minimum absolute atomic E-state index is 0.181. The van der Waals surface area contributed by atoms with Gasteiger partial charge in [-0.3, -0.25) is 14.5 Å². The third-order valence-electron chi connectivity index (χ3n) is 3.99. The monoisotopic (exact) mass is 365 g/mol. The van der Waals surface area contributed by atoms with E-state index in [1.165, 1.54) is 5.56 Å². The van der Waals surface area contributed by atoms with Crippen molar-refractivity contribution in [3.8, 4) is 5.75 Å². The number of hydrogen-bond donors (Lipinski definition) is 1. The molecular weight excluding hydrogens is 342 g/mol. The van der Waals surface area contributed by atoms with Crippen LogP contribution in [0.2, 0.25) is 0 Å². The third kappa shape index (κ3) is 5.91. The summed E-state index contributed by atoms with van der Waals surface area (Å²) in [5.74, 6) is 0.412. The number of carbonyl (C=O) groups is 1. The average Bonchev–Trinajstić information content (AvgIpc) is 3.17. The van der Waals surface area contributed by atoms with Gasteiger partial charge in [-0.15, -0.1) is 5.10 Å². The highest BCUT2D eigenvalue weighted by Crippen LogP contribution is 2.08. The summed E-state index contributed by atoms with van der Waals surface area (Å²) in [7, 11) is 0. The molecule has 0 bridgehead atoms. The zero-order valence-corrected chi connectivity index (χ0v) is 15.3. The number of ether oxygens (including phenoxy) is 1. The molecule has 1 aromatic carbocycles. The van der Waals surface area contributed by atoms with Crippen LogP contribution in [0.3, 0.4) is 0 Å². The molecule has 7 heteroatoms. The Morgan fingerprint density at radius 2 is 2.07 bits per heavy atom. The molecule has 0 spiro atoms. The predicted octanol–water partition coefficient (Wildman–Crippen LogP) is 2.50. The van der Waals surface area contributed by atoms with Gasteiger partial charge in [0.1, 0.15) is 11.9 Å². The highest BCUT2D eigenvalue weighted by atomic mass is 16.5. The van der Waals surface area contributed by atoms with Crippen LogP contribution in [-0.4, -0.2) is 38.5 Å². The van der Waals surface area contributed by atoms with Gasteiger partial charge >= 0.3 is 0 Å². The summed E-state index contributed by atoms with van der Waals surface area (Å²) in [5.41, 5.74) is 1.60. The molecule has 140 valence electrons. The minimum atomic E-state index is -0.258. The quantitative estimate of drug-likeness (QED) is 0.630. The zero-order chi connectivity index (χ0) is 18.9. The molecule has 0 aliphatic heterocycles. The fraction of sp³-hybridized carbons (Fsp3) is 0.300. The van der Waals surface area contributed by atoms with Crippen LogP contribution in [0.5, 0.6) is 5.75 Å². The maximum atomic E-state index is 12.2. The van der Waals surface area contributed by atoms with Crippen LogP contribution in [0.4, 0.5) is 0 Å². The van der Waals surface area contributed by atoms with E-state index in [1.807, 2.05) is 31.2 Å². The van der Waals surface area contributed by atoms with Gasteiger partial charge in [0.25, 0.3) is 5.91 Å². The van der Waals surface area contributed by atoms with Crippen LogP contribution in [0.15, 0.2) is 61.1 Å². The van der Waals surface area contributed by atoms with Crippen molar-refractivity contribution in [1.29, 1.82) is 0 Å². The van der Waals surface area contributed by atoms with E-state index in [4.69, 9.17) is 4.74 Å². The van der Waals surface area contributed by atoms with E-state index in [9.17, 15) is 4.79 Å². The van der Waals surface area contributed by atoms with Crippen molar-refractivity contribution in [3.63, 3.8) is 0 Å². The Morgan fingerprint density at radius 3 is 2.85 bits per heavy atom. The van der Waals surface area contributed by atoms with Gasteiger partial charge < -0.3 is 10.1 Å². The lowest BCUT2D eigenvalue weighted by Crippen LogP contribution is -2.33. The Balaban J connectivity index is 1.41. The minimum Gasteiger partial charge on any atom is -0.487 e. The first kappa shape index (κ1) is 18.6. The van der Waals surface area contributed by atoms with Crippen LogP contribution in [-0.2, 0) is 13.0 Å². The maximum Gasteiger partial charge on any atom is 0.273 e. The van der Waals surface area contributed by atoms with Gasteiger partial charge in [0.05, 0.1) is 18.9 Å². The molecule has 3 rings (SSSR count). The van der Waals surface area contributed by atoms with E-state index in [2.05, 4.69) is 32.7 Å². The lowest BCUT2D eigenvalue weighted by molar-refractivity contribution is 0.0927. The first-order valence-corrected chi connectivity index (χ1v) is 8.99. The summed E-state index contributed by atoms with van der Waals surface area (Å²) in [6, 6.07) is 13.9. The van der Waals surface area contributed by atoms with Crippen LogP contribution < -0.4 is 10.1 Å². The molecule has 3 aromatic rings. The number of aromatic nitrogens is 4. The second kappa shape index (κ2) is 9.47. The van der Waals surface area contributed by atoms with Gasteiger partial charge in [0.2, 0.25) is 0 Å². The standard InChI is InChI=1S/C20H23N5O2/c1-16(27-18-10-5-11-21-14-18)13-22-20(26)19-15-25(24-23-19)12-6-9-17-7-3-2-4-8-17/h2-5,7-8,10-11,14-16H,6,9,12-13H2,1H3,(H,22,26)/t16-/m1/s1. The van der Waals surface area contributed by atoms with Crippen molar-refractivity contribution >= 4 is 5.91 Å². The van der Waals surface area contributed by atoms with Gasteiger partial charge in [-0.25, -0.2) is 0 Å². The van der Waals surface area contributed by atoms with E-state index in [0.717, 1.165) is 19.4 Å². The second-order valence-corrected chi connectivity index (χ2v) is 6.28. The molecule has 2 aromatic heterocycles. The second-order valence-electron chi connectivity index (χ2n) is 6.28. The topological polar surface area (TPSA) is 81.9 Å². The third-order valence-corrected chi connectivity index (χ3v) is 3.99. The predicted molar refractivity (Wildman–Crippen MR) is 101 cm³/mol. The highest BCUT2D eigenvalue weighted by Gasteiger charge is 2.12. The molecule has 0 radical (unpaired) electrons. The van der Waals surface area contributed by atoms with Crippen LogP contribution >= 0.6 is 0 Å². The molecule has 0 saturated heterocycles. The molecule has 27 heavy (non-hydrogen) atoms. The summed E-state index contributed by atoms with van der Waals surface area (Å²) in [6.45, 7) is 2.97. The van der Waals surface area contributed by atoms with E-state index in [1.54, 1.807) is 29.3 Å². The number of amides is 1. The van der Waals surface area contributed by atoms with E-state index in [-0.39, 0.29) is 12.0 Å². The van der Waals surface area contributed by atoms with E-state index in [0.29, 0.717) is 18.0 Å². The molecule has 7 nitrogen and oxygen atoms in total. The van der Waals surface area contributed by atoms with Crippen molar-refractivity contribution in [2.45, 2.75) is 32.4 Å². The fourth-order valence-electron chi connectivity index (χ4n) is 2.62. The van der Waals surface area contributed by atoms with Crippen LogP contribution in [0.1, 0.15) is 29.4 Å². The molecule has 0 unspecified atom stereocenters. The SMILES string of the molecule is C[C@H](CNC(=O)c1cn(CCCc2ccccc2)nn1)Oc1cccnc1. The van der Waals surface area contributed by atoms with Gasteiger partial charge in [-0.1, -0.05) is 35.5 Å². The van der Waals surface area contributed by atoms with Crippen molar-refractivity contribution in [3.05, 3.63) is 72.3 Å². The molecular formula is C20H23N5O2. The Labute approximate surface area is 158 Å². The molecule has 0 fully saturated rings. The molecule has 0 aliphatic rings. The largest absolute Gasteiger partial charge is 0.487 e. The summed E-state index contributed by atoms with van der Waals surface area (Å²) in [5, 5.41) is 10.8. The number of rotatable bonds is 9. The lowest BCUT2D eigenvalue weighted by atomic mass is 10.1. The summed E-state index contributed by atoms with van der Waals surface area (Å²) >= 11 is 0. The molecule has 1 atom stereocenters.